The predicted octanol–water partition coefficient (Wildman–Crippen LogP) is 1.50. The Morgan fingerprint density at radius 1 is 1.23 bits per heavy atom. The number of halogens is 1. The number of amides is 2. The maximum atomic E-state index is 14.0. The van der Waals surface area contributed by atoms with Crippen LogP contribution in [0.1, 0.15) is 32.3 Å². The summed E-state index contributed by atoms with van der Waals surface area (Å²) in [6, 6.07) is 3.68. The van der Waals surface area contributed by atoms with Crippen molar-refractivity contribution >= 4 is 17.8 Å². The van der Waals surface area contributed by atoms with E-state index in [-0.39, 0.29) is 31.1 Å². The zero-order valence-electron chi connectivity index (χ0n) is 15.2. The smallest absolute Gasteiger partial charge is 0.326 e. The lowest BCUT2D eigenvalue weighted by Gasteiger charge is -2.16. The molecule has 1 rings (SSSR count). The lowest BCUT2D eigenvalue weighted by atomic mass is 10.0. The molecule has 1 aromatic carbocycles. The van der Waals surface area contributed by atoms with Gasteiger partial charge in [0.15, 0.2) is 11.6 Å². The van der Waals surface area contributed by atoms with Crippen molar-refractivity contribution in [2.45, 2.75) is 39.2 Å². The van der Waals surface area contributed by atoms with E-state index >= 15 is 0 Å². The van der Waals surface area contributed by atoms with Crippen molar-refractivity contribution in [1.29, 1.82) is 0 Å². The van der Waals surface area contributed by atoms with Crippen molar-refractivity contribution in [3.8, 4) is 5.75 Å². The van der Waals surface area contributed by atoms with Crippen molar-refractivity contribution in [3.63, 3.8) is 0 Å². The van der Waals surface area contributed by atoms with Crippen LogP contribution in [0.3, 0.4) is 0 Å². The van der Waals surface area contributed by atoms with Crippen LogP contribution < -0.4 is 15.4 Å². The van der Waals surface area contributed by atoms with Crippen molar-refractivity contribution < 1.29 is 28.6 Å². The van der Waals surface area contributed by atoms with E-state index in [0.29, 0.717) is 12.0 Å². The Bertz CT molecular complexity index is 648. The number of ether oxygens (including phenoxy) is 1. The molecule has 7 nitrogen and oxygen atoms in total. The van der Waals surface area contributed by atoms with Gasteiger partial charge in [-0.05, 0) is 30.4 Å². The Balaban J connectivity index is 2.44. The fourth-order valence-corrected chi connectivity index (χ4v) is 2.36. The topological polar surface area (TPSA) is 105 Å². The number of carbonyl (C=O) groups is 3. The van der Waals surface area contributed by atoms with Gasteiger partial charge >= 0.3 is 5.97 Å². The van der Waals surface area contributed by atoms with Crippen LogP contribution in [-0.2, 0) is 20.8 Å². The monoisotopic (exact) mass is 368 g/mol. The van der Waals surface area contributed by atoms with Crippen molar-refractivity contribution in [2.24, 2.45) is 5.92 Å². The van der Waals surface area contributed by atoms with Gasteiger partial charge in [0.05, 0.1) is 13.7 Å². The van der Waals surface area contributed by atoms with E-state index < -0.39 is 29.6 Å². The summed E-state index contributed by atoms with van der Waals surface area (Å²) in [4.78, 5) is 34.7. The van der Waals surface area contributed by atoms with Gasteiger partial charge in [0.2, 0.25) is 11.8 Å². The first-order chi connectivity index (χ1) is 12.2. The first kappa shape index (κ1) is 21.4. The highest BCUT2D eigenvalue weighted by molar-refractivity contribution is 5.87. The number of methoxy groups -OCH3 is 1. The molecular weight excluding hydrogens is 343 g/mol. The predicted molar refractivity (Wildman–Crippen MR) is 93.3 cm³/mol. The summed E-state index contributed by atoms with van der Waals surface area (Å²) in [6.45, 7) is 3.37. The van der Waals surface area contributed by atoms with E-state index in [0.717, 1.165) is 0 Å². The highest BCUT2D eigenvalue weighted by Crippen LogP contribution is 2.20. The molecular formula is C18H25FN2O5. The number of rotatable bonds is 10. The Labute approximate surface area is 151 Å². The molecule has 0 saturated heterocycles. The Kier molecular flexibility index (Phi) is 8.54. The summed E-state index contributed by atoms with van der Waals surface area (Å²) < 4.78 is 18.9. The number of nitrogens with one attached hydrogen (secondary N) is 2. The SMILES string of the molecule is COc1cccc(CCC(=O)NCC(=O)N[C@@H](CC(C)C)C(=O)O)c1F. The number of aliphatic carboxylic acids is 1. The Morgan fingerprint density at radius 3 is 2.50 bits per heavy atom. The molecule has 0 spiro atoms. The van der Waals surface area contributed by atoms with Crippen LogP contribution in [0.15, 0.2) is 18.2 Å². The largest absolute Gasteiger partial charge is 0.494 e. The van der Waals surface area contributed by atoms with Crippen molar-refractivity contribution in [3.05, 3.63) is 29.6 Å². The van der Waals surface area contributed by atoms with Crippen LogP contribution >= 0.6 is 0 Å². The summed E-state index contributed by atoms with van der Waals surface area (Å²) >= 11 is 0. The summed E-state index contributed by atoms with van der Waals surface area (Å²) in [5, 5.41) is 13.9. The zero-order chi connectivity index (χ0) is 19.7. The number of carboxylic acid groups (broad SMARTS) is 1. The number of benzene rings is 1. The number of hydrogen-bond acceptors (Lipinski definition) is 4. The second-order valence-corrected chi connectivity index (χ2v) is 6.30. The van der Waals surface area contributed by atoms with E-state index in [2.05, 4.69) is 10.6 Å². The first-order valence-electron chi connectivity index (χ1n) is 8.34. The van der Waals surface area contributed by atoms with Crippen LogP contribution in [0.25, 0.3) is 0 Å². The molecule has 2 amide bonds. The third-order valence-corrected chi connectivity index (χ3v) is 3.67. The summed E-state index contributed by atoms with van der Waals surface area (Å²) in [6.07, 6.45) is 0.442. The number of aryl methyl sites for hydroxylation is 1. The third-order valence-electron chi connectivity index (χ3n) is 3.67. The van der Waals surface area contributed by atoms with Gasteiger partial charge in [-0.1, -0.05) is 26.0 Å². The normalized spacial score (nSPS) is 11.7. The fourth-order valence-electron chi connectivity index (χ4n) is 2.36. The molecule has 26 heavy (non-hydrogen) atoms. The minimum Gasteiger partial charge on any atom is -0.494 e. The maximum absolute atomic E-state index is 14.0. The van der Waals surface area contributed by atoms with E-state index in [4.69, 9.17) is 9.84 Å². The van der Waals surface area contributed by atoms with Gasteiger partial charge in [-0.3, -0.25) is 9.59 Å². The van der Waals surface area contributed by atoms with Gasteiger partial charge in [0.25, 0.3) is 0 Å². The highest BCUT2D eigenvalue weighted by atomic mass is 19.1. The number of carboxylic acids is 1. The average Bonchev–Trinajstić information content (AvgIpc) is 2.58. The zero-order valence-corrected chi connectivity index (χ0v) is 15.2. The van der Waals surface area contributed by atoms with Gasteiger partial charge in [-0.15, -0.1) is 0 Å². The quantitative estimate of drug-likeness (QED) is 0.580. The summed E-state index contributed by atoms with van der Waals surface area (Å²) in [5.74, 6) is -2.45. The van der Waals surface area contributed by atoms with Gasteiger partial charge in [0, 0.05) is 6.42 Å². The molecule has 0 aliphatic carbocycles. The summed E-state index contributed by atoms with van der Waals surface area (Å²) in [5.41, 5.74) is 0.340. The lowest BCUT2D eigenvalue weighted by molar-refractivity contribution is -0.142. The number of hydrogen-bond donors (Lipinski definition) is 3. The maximum Gasteiger partial charge on any atom is 0.326 e. The molecule has 0 saturated carbocycles. The Hall–Kier alpha value is -2.64. The Morgan fingerprint density at radius 2 is 1.92 bits per heavy atom. The molecule has 1 aromatic rings. The van der Waals surface area contributed by atoms with Gasteiger partial charge in [0.1, 0.15) is 6.04 Å². The molecule has 1 atom stereocenters. The fraction of sp³-hybridized carbons (Fsp3) is 0.500. The molecule has 0 aromatic heterocycles. The van der Waals surface area contributed by atoms with E-state index in [1.807, 2.05) is 13.8 Å². The minimum atomic E-state index is -1.12. The van der Waals surface area contributed by atoms with Gasteiger partial charge in [-0.25, -0.2) is 9.18 Å². The summed E-state index contributed by atoms with van der Waals surface area (Å²) in [7, 11) is 1.36. The van der Waals surface area contributed by atoms with Crippen LogP contribution in [-0.4, -0.2) is 42.6 Å². The standard InChI is InChI=1S/C18H25FN2O5/c1-11(2)9-13(18(24)25)21-16(23)10-20-15(22)8-7-12-5-4-6-14(26-3)17(12)19/h4-6,11,13H,7-10H2,1-3H3,(H,20,22)(H,21,23)(H,24,25)/t13-/m0/s1. The van der Waals surface area contributed by atoms with Crippen LogP contribution in [0, 0.1) is 11.7 Å². The molecule has 0 heterocycles. The third kappa shape index (κ3) is 7.08. The second kappa shape index (κ2) is 10.4. The minimum absolute atomic E-state index is 0.00821. The molecule has 3 N–H and O–H groups in total. The molecule has 144 valence electrons. The van der Waals surface area contributed by atoms with E-state index in [1.165, 1.54) is 13.2 Å². The molecule has 0 aliphatic heterocycles. The lowest BCUT2D eigenvalue weighted by Crippen LogP contribution is -2.46. The van der Waals surface area contributed by atoms with Gasteiger partial charge < -0.3 is 20.5 Å². The van der Waals surface area contributed by atoms with E-state index in [9.17, 15) is 18.8 Å². The average molecular weight is 368 g/mol. The van der Waals surface area contributed by atoms with Gasteiger partial charge in [-0.2, -0.15) is 0 Å². The van der Waals surface area contributed by atoms with Crippen LogP contribution in [0.2, 0.25) is 0 Å². The van der Waals surface area contributed by atoms with Crippen molar-refractivity contribution in [2.75, 3.05) is 13.7 Å². The molecule has 0 radical (unpaired) electrons. The number of carbonyl (C=O) groups excluding carboxylic acids is 2. The van der Waals surface area contributed by atoms with E-state index in [1.54, 1.807) is 12.1 Å². The molecule has 0 bridgehead atoms. The second-order valence-electron chi connectivity index (χ2n) is 6.30. The molecule has 0 aliphatic rings. The van der Waals surface area contributed by atoms with Crippen LogP contribution in [0.4, 0.5) is 4.39 Å². The van der Waals surface area contributed by atoms with Crippen molar-refractivity contribution in [1.82, 2.24) is 10.6 Å². The van der Waals surface area contributed by atoms with Crippen LogP contribution in [0.5, 0.6) is 5.75 Å². The molecule has 8 heteroatoms. The molecule has 0 fully saturated rings. The molecule has 0 unspecified atom stereocenters. The highest BCUT2D eigenvalue weighted by Gasteiger charge is 2.21. The first-order valence-corrected chi connectivity index (χ1v) is 8.34.